The number of para-hydroxylation sites is 1. The Balaban J connectivity index is 1.24. The van der Waals surface area contributed by atoms with Crippen molar-refractivity contribution < 1.29 is 4.74 Å². The quantitative estimate of drug-likeness (QED) is 0.234. The molecular weight excluding hydrogens is 461 g/mol. The first-order chi connectivity index (χ1) is 15.6. The summed E-state index contributed by atoms with van der Waals surface area (Å²) in [5.41, 5.74) is 4.35. The van der Waals surface area contributed by atoms with E-state index in [1.807, 2.05) is 36.4 Å². The van der Waals surface area contributed by atoms with Crippen molar-refractivity contribution >= 4 is 62.6 Å². The largest absolute Gasteiger partial charge is 0.493 e. The fourth-order valence-electron chi connectivity index (χ4n) is 3.90. The van der Waals surface area contributed by atoms with Crippen molar-refractivity contribution in [2.75, 3.05) is 11.3 Å². The van der Waals surface area contributed by atoms with Crippen molar-refractivity contribution in [2.24, 2.45) is 7.05 Å². The van der Waals surface area contributed by atoms with Gasteiger partial charge in [0.15, 0.2) is 0 Å². The second-order valence-corrected chi connectivity index (χ2v) is 9.24. The number of H-pyrrole nitrogens is 1. The lowest BCUT2D eigenvalue weighted by molar-refractivity contribution is 0.321. The van der Waals surface area contributed by atoms with E-state index in [9.17, 15) is 0 Å². The molecule has 0 unspecified atom stereocenters. The van der Waals surface area contributed by atoms with E-state index in [0.29, 0.717) is 16.7 Å². The highest BCUT2D eigenvalue weighted by Gasteiger charge is 2.11. The predicted molar refractivity (Wildman–Crippen MR) is 136 cm³/mol. The molecule has 0 aliphatic heterocycles. The molecule has 5 rings (SSSR count). The first kappa shape index (κ1) is 21.1. The summed E-state index contributed by atoms with van der Waals surface area (Å²) in [6, 6.07) is 20.3. The molecule has 32 heavy (non-hydrogen) atoms. The molecule has 0 saturated heterocycles. The molecular formula is C25H21Cl2N3OS. The maximum absolute atomic E-state index is 6.28. The van der Waals surface area contributed by atoms with Crippen LogP contribution in [0.25, 0.3) is 21.8 Å². The molecule has 2 heterocycles. The number of halogens is 2. The van der Waals surface area contributed by atoms with Gasteiger partial charge in [0.1, 0.15) is 5.75 Å². The Morgan fingerprint density at radius 2 is 1.91 bits per heavy atom. The summed E-state index contributed by atoms with van der Waals surface area (Å²) in [6.45, 7) is 0.619. The molecule has 2 aromatic heterocycles. The summed E-state index contributed by atoms with van der Waals surface area (Å²) in [6.07, 6.45) is 4.79. The number of rotatable bonds is 7. The highest BCUT2D eigenvalue weighted by molar-refractivity contribution is 8.00. The second-order valence-electron chi connectivity index (χ2n) is 7.54. The zero-order valence-electron chi connectivity index (χ0n) is 17.4. The van der Waals surface area contributed by atoms with Gasteiger partial charge in [0.05, 0.1) is 27.9 Å². The van der Waals surface area contributed by atoms with Crippen LogP contribution < -0.4 is 9.46 Å². The van der Waals surface area contributed by atoms with Gasteiger partial charge in [-0.3, -0.25) is 0 Å². The predicted octanol–water partition coefficient (Wildman–Crippen LogP) is 7.71. The van der Waals surface area contributed by atoms with Crippen molar-refractivity contribution in [1.82, 2.24) is 9.55 Å². The lowest BCUT2D eigenvalue weighted by atomic mass is 10.1. The van der Waals surface area contributed by atoms with Crippen LogP contribution in [0.1, 0.15) is 5.56 Å². The average molecular weight is 482 g/mol. The van der Waals surface area contributed by atoms with Gasteiger partial charge >= 0.3 is 0 Å². The highest BCUT2D eigenvalue weighted by atomic mass is 35.5. The van der Waals surface area contributed by atoms with Crippen molar-refractivity contribution in [3.8, 4) is 5.75 Å². The zero-order valence-corrected chi connectivity index (χ0v) is 19.7. The van der Waals surface area contributed by atoms with Crippen LogP contribution in [-0.2, 0) is 13.5 Å². The number of nitrogens with one attached hydrogen (secondary N) is 2. The number of benzene rings is 3. The fraction of sp³-hybridized carbons (Fsp3) is 0.120. The second kappa shape index (κ2) is 9.02. The molecule has 2 N–H and O–H groups in total. The molecule has 3 aromatic carbocycles. The number of fused-ring (bicyclic) bond motifs is 2. The minimum atomic E-state index is 0.611. The molecule has 0 aliphatic carbocycles. The third-order valence-electron chi connectivity index (χ3n) is 5.44. The van der Waals surface area contributed by atoms with E-state index in [0.717, 1.165) is 33.7 Å². The summed E-state index contributed by atoms with van der Waals surface area (Å²) in [4.78, 5) is 4.23. The third kappa shape index (κ3) is 4.16. The summed E-state index contributed by atoms with van der Waals surface area (Å²) < 4.78 is 11.6. The van der Waals surface area contributed by atoms with Crippen LogP contribution in [-0.4, -0.2) is 16.2 Å². The third-order valence-corrected chi connectivity index (χ3v) is 6.87. The van der Waals surface area contributed by atoms with Crippen LogP contribution in [0.2, 0.25) is 10.0 Å². The molecule has 0 bridgehead atoms. The van der Waals surface area contributed by atoms with Gasteiger partial charge in [-0.05, 0) is 53.9 Å². The molecule has 0 amide bonds. The topological polar surface area (TPSA) is 42.0 Å². The number of ether oxygens (including phenoxy) is 1. The van der Waals surface area contributed by atoms with Crippen LogP contribution in [0, 0.1) is 0 Å². The normalized spacial score (nSPS) is 11.3. The molecule has 0 spiro atoms. The van der Waals surface area contributed by atoms with Gasteiger partial charge in [-0.1, -0.05) is 47.5 Å². The Kier molecular flexibility index (Phi) is 5.96. The van der Waals surface area contributed by atoms with Crippen molar-refractivity contribution in [3.05, 3.63) is 88.7 Å². The highest BCUT2D eigenvalue weighted by Crippen LogP contribution is 2.36. The van der Waals surface area contributed by atoms with Crippen molar-refractivity contribution in [3.63, 3.8) is 0 Å². The molecule has 5 aromatic rings. The van der Waals surface area contributed by atoms with Gasteiger partial charge in [-0.25, -0.2) is 0 Å². The molecule has 7 heteroatoms. The molecule has 4 nitrogen and oxygen atoms in total. The van der Waals surface area contributed by atoms with Crippen LogP contribution in [0.15, 0.2) is 78.0 Å². The minimum absolute atomic E-state index is 0.611. The van der Waals surface area contributed by atoms with Gasteiger partial charge in [0, 0.05) is 47.0 Å². The first-order valence-electron chi connectivity index (χ1n) is 10.2. The summed E-state index contributed by atoms with van der Waals surface area (Å²) in [5.74, 6) is 0.848. The van der Waals surface area contributed by atoms with E-state index < -0.39 is 0 Å². The Morgan fingerprint density at radius 1 is 1.03 bits per heavy atom. The molecule has 0 saturated carbocycles. The molecule has 0 atom stereocenters. The first-order valence-corrected chi connectivity index (χ1v) is 11.8. The van der Waals surface area contributed by atoms with Crippen molar-refractivity contribution in [1.29, 1.82) is 0 Å². The number of nitrogens with zero attached hydrogens (tertiary/aromatic N) is 1. The van der Waals surface area contributed by atoms with Gasteiger partial charge in [-0.15, -0.1) is 0 Å². The SMILES string of the molecule is Cn1cc(CCOc2cccc(SNc3ccc(Cl)c4c(Cl)c[nH]c34)c2)c2ccccc21. The monoisotopic (exact) mass is 481 g/mol. The van der Waals surface area contributed by atoms with Gasteiger partial charge in [0.2, 0.25) is 0 Å². The van der Waals surface area contributed by atoms with Crippen LogP contribution in [0.4, 0.5) is 5.69 Å². The number of hydrogen-bond acceptors (Lipinski definition) is 3. The van der Waals surface area contributed by atoms with Crippen LogP contribution in [0.3, 0.4) is 0 Å². The molecule has 162 valence electrons. The summed E-state index contributed by atoms with van der Waals surface area (Å²) >= 11 is 14.0. The smallest absolute Gasteiger partial charge is 0.120 e. The van der Waals surface area contributed by atoms with E-state index in [4.69, 9.17) is 27.9 Å². The number of aryl methyl sites for hydroxylation is 1. The number of hydrogen-bond donors (Lipinski definition) is 2. The van der Waals surface area contributed by atoms with Crippen LogP contribution in [0.5, 0.6) is 5.75 Å². The maximum atomic E-state index is 6.28. The van der Waals surface area contributed by atoms with Gasteiger partial charge < -0.3 is 19.0 Å². The van der Waals surface area contributed by atoms with E-state index in [2.05, 4.69) is 51.8 Å². The Hall–Kier alpha value is -2.73. The summed E-state index contributed by atoms with van der Waals surface area (Å²) in [7, 11) is 2.08. The Labute approximate surface area is 200 Å². The lowest BCUT2D eigenvalue weighted by Crippen LogP contribution is -2.01. The Bertz CT molecular complexity index is 1410. The van der Waals surface area contributed by atoms with E-state index in [1.165, 1.54) is 28.4 Å². The van der Waals surface area contributed by atoms with Crippen molar-refractivity contribution in [2.45, 2.75) is 11.3 Å². The molecule has 0 aliphatic rings. The Morgan fingerprint density at radius 3 is 2.81 bits per heavy atom. The van der Waals surface area contributed by atoms with E-state index >= 15 is 0 Å². The van der Waals surface area contributed by atoms with Gasteiger partial charge in [-0.2, -0.15) is 0 Å². The van der Waals surface area contributed by atoms with Crippen LogP contribution >= 0.6 is 35.1 Å². The summed E-state index contributed by atoms with van der Waals surface area (Å²) in [5, 5.41) is 3.35. The van der Waals surface area contributed by atoms with Gasteiger partial charge in [0.25, 0.3) is 0 Å². The fourth-order valence-corrected chi connectivity index (χ4v) is 5.18. The van der Waals surface area contributed by atoms with E-state index in [-0.39, 0.29) is 0 Å². The lowest BCUT2D eigenvalue weighted by Gasteiger charge is -2.10. The molecule has 0 fully saturated rings. The standard InChI is InChI=1S/C25H21Cl2N3OS/c1-30-15-16(19-7-2-3-8-23(19)30)11-12-31-17-5-4-6-18(13-17)32-29-22-10-9-20(26)24-21(27)14-28-25(22)24/h2-10,13-15,28-29H,11-12H2,1H3. The maximum Gasteiger partial charge on any atom is 0.120 e. The molecule has 0 radical (unpaired) electrons. The number of aromatic nitrogens is 2. The number of aromatic amines is 1. The van der Waals surface area contributed by atoms with E-state index in [1.54, 1.807) is 6.20 Å². The average Bonchev–Trinajstić information content (AvgIpc) is 3.35. The minimum Gasteiger partial charge on any atom is -0.493 e. The number of anilines is 1. The zero-order chi connectivity index (χ0) is 22.1.